The van der Waals surface area contributed by atoms with E-state index in [1.807, 2.05) is 0 Å². The molecule has 3 atom stereocenters. The van der Waals surface area contributed by atoms with Crippen LogP contribution in [-0.4, -0.2) is 6.04 Å². The highest BCUT2D eigenvalue weighted by Crippen LogP contribution is 2.31. The first-order chi connectivity index (χ1) is 8.25. The second-order valence-electron chi connectivity index (χ2n) is 5.72. The van der Waals surface area contributed by atoms with Gasteiger partial charge in [0, 0.05) is 6.04 Å². The van der Waals surface area contributed by atoms with E-state index in [0.29, 0.717) is 6.04 Å². The van der Waals surface area contributed by atoms with E-state index in [2.05, 4.69) is 37.3 Å². The van der Waals surface area contributed by atoms with Gasteiger partial charge in [0.15, 0.2) is 0 Å². The molecule has 0 spiro atoms. The van der Waals surface area contributed by atoms with Crippen molar-refractivity contribution in [1.82, 2.24) is 0 Å². The van der Waals surface area contributed by atoms with Gasteiger partial charge in [0.25, 0.3) is 0 Å². The summed E-state index contributed by atoms with van der Waals surface area (Å²) < 4.78 is 0. The zero-order valence-corrected chi connectivity index (χ0v) is 10.9. The van der Waals surface area contributed by atoms with Crippen molar-refractivity contribution < 1.29 is 0 Å². The van der Waals surface area contributed by atoms with Crippen LogP contribution in [0.4, 0.5) is 0 Å². The summed E-state index contributed by atoms with van der Waals surface area (Å²) in [4.78, 5) is 0. The molecule has 1 heteroatoms. The third-order valence-corrected chi connectivity index (χ3v) is 4.19. The highest BCUT2D eigenvalue weighted by Gasteiger charge is 2.23. The molecule has 1 fully saturated rings. The zero-order chi connectivity index (χ0) is 12.1. The molecule has 17 heavy (non-hydrogen) atoms. The number of hydrogen-bond donors (Lipinski definition) is 1. The van der Waals surface area contributed by atoms with Gasteiger partial charge in [0.2, 0.25) is 0 Å². The van der Waals surface area contributed by atoms with Crippen LogP contribution in [0.1, 0.15) is 44.6 Å². The Bertz CT molecular complexity index is 320. The first kappa shape index (κ1) is 12.6. The van der Waals surface area contributed by atoms with Crippen molar-refractivity contribution in [3.05, 3.63) is 35.9 Å². The standard InChI is InChI=1S/C16H25N/c1-13-6-5-9-15(12-13)16(17)11-10-14-7-3-2-4-8-14/h2-4,7-8,13,15-16H,5-6,9-12,17H2,1H3. The Kier molecular flexibility index (Phi) is 4.61. The quantitative estimate of drug-likeness (QED) is 0.838. The average molecular weight is 231 g/mol. The van der Waals surface area contributed by atoms with Gasteiger partial charge >= 0.3 is 0 Å². The molecule has 0 saturated heterocycles. The minimum Gasteiger partial charge on any atom is -0.327 e. The van der Waals surface area contributed by atoms with Crippen molar-refractivity contribution in [2.45, 2.75) is 51.5 Å². The molecular formula is C16H25N. The van der Waals surface area contributed by atoms with E-state index in [1.165, 1.54) is 31.2 Å². The number of rotatable bonds is 4. The highest BCUT2D eigenvalue weighted by molar-refractivity contribution is 5.14. The molecule has 1 aliphatic rings. The van der Waals surface area contributed by atoms with Gasteiger partial charge < -0.3 is 5.73 Å². The van der Waals surface area contributed by atoms with E-state index >= 15 is 0 Å². The van der Waals surface area contributed by atoms with E-state index in [-0.39, 0.29) is 0 Å². The molecule has 2 N–H and O–H groups in total. The normalized spacial score (nSPS) is 26.7. The van der Waals surface area contributed by atoms with Crippen molar-refractivity contribution in [2.24, 2.45) is 17.6 Å². The number of aryl methyl sites for hydroxylation is 1. The lowest BCUT2D eigenvalue weighted by molar-refractivity contribution is 0.240. The maximum atomic E-state index is 6.36. The van der Waals surface area contributed by atoms with Gasteiger partial charge in [0.1, 0.15) is 0 Å². The smallest absolute Gasteiger partial charge is 0.00704 e. The van der Waals surface area contributed by atoms with Crippen molar-refractivity contribution in [3.8, 4) is 0 Å². The molecule has 0 aliphatic heterocycles. The van der Waals surface area contributed by atoms with Crippen LogP contribution in [0, 0.1) is 11.8 Å². The van der Waals surface area contributed by atoms with E-state index < -0.39 is 0 Å². The second kappa shape index (κ2) is 6.20. The monoisotopic (exact) mass is 231 g/mol. The minimum atomic E-state index is 0.401. The van der Waals surface area contributed by atoms with Crippen molar-refractivity contribution >= 4 is 0 Å². The Morgan fingerprint density at radius 2 is 2.00 bits per heavy atom. The van der Waals surface area contributed by atoms with Crippen molar-refractivity contribution in [2.75, 3.05) is 0 Å². The van der Waals surface area contributed by atoms with E-state index in [0.717, 1.165) is 24.7 Å². The summed E-state index contributed by atoms with van der Waals surface area (Å²) in [6, 6.07) is 11.1. The Balaban J connectivity index is 1.79. The summed E-state index contributed by atoms with van der Waals surface area (Å²) >= 11 is 0. The molecule has 1 aromatic rings. The van der Waals surface area contributed by atoms with E-state index in [1.54, 1.807) is 0 Å². The predicted molar refractivity (Wildman–Crippen MR) is 73.9 cm³/mol. The van der Waals surface area contributed by atoms with Gasteiger partial charge in [-0.2, -0.15) is 0 Å². The van der Waals surface area contributed by atoms with Crippen LogP contribution in [0.15, 0.2) is 30.3 Å². The Morgan fingerprint density at radius 1 is 1.24 bits per heavy atom. The SMILES string of the molecule is CC1CCCC(C(N)CCc2ccccc2)C1. The van der Waals surface area contributed by atoms with Crippen LogP contribution in [0.3, 0.4) is 0 Å². The van der Waals surface area contributed by atoms with E-state index in [9.17, 15) is 0 Å². The lowest BCUT2D eigenvalue weighted by Crippen LogP contribution is -2.33. The molecule has 1 saturated carbocycles. The second-order valence-corrected chi connectivity index (χ2v) is 5.72. The van der Waals surface area contributed by atoms with Crippen LogP contribution >= 0.6 is 0 Å². The average Bonchev–Trinajstić information content (AvgIpc) is 2.37. The molecular weight excluding hydrogens is 206 g/mol. The lowest BCUT2D eigenvalue weighted by Gasteiger charge is -2.31. The molecule has 2 rings (SSSR count). The first-order valence-electron chi connectivity index (χ1n) is 7.05. The Hall–Kier alpha value is -0.820. The molecule has 1 aliphatic carbocycles. The number of nitrogens with two attached hydrogens (primary N) is 1. The lowest BCUT2D eigenvalue weighted by atomic mass is 9.77. The number of benzene rings is 1. The molecule has 0 heterocycles. The van der Waals surface area contributed by atoms with Gasteiger partial charge in [0.05, 0.1) is 0 Å². The molecule has 0 aromatic heterocycles. The fourth-order valence-electron chi connectivity index (χ4n) is 3.08. The maximum Gasteiger partial charge on any atom is 0.00704 e. The van der Waals surface area contributed by atoms with Gasteiger partial charge in [-0.25, -0.2) is 0 Å². The largest absolute Gasteiger partial charge is 0.327 e. The minimum absolute atomic E-state index is 0.401. The highest BCUT2D eigenvalue weighted by atomic mass is 14.6. The predicted octanol–water partition coefficient (Wildman–Crippen LogP) is 3.77. The fraction of sp³-hybridized carbons (Fsp3) is 0.625. The number of hydrogen-bond acceptors (Lipinski definition) is 1. The molecule has 1 nitrogen and oxygen atoms in total. The topological polar surface area (TPSA) is 26.0 Å². The van der Waals surface area contributed by atoms with Crippen LogP contribution in [-0.2, 0) is 6.42 Å². The Morgan fingerprint density at radius 3 is 2.71 bits per heavy atom. The Labute approximate surface area is 105 Å². The first-order valence-corrected chi connectivity index (χ1v) is 7.05. The molecule has 94 valence electrons. The molecule has 3 unspecified atom stereocenters. The van der Waals surface area contributed by atoms with Crippen LogP contribution in [0.5, 0.6) is 0 Å². The summed E-state index contributed by atoms with van der Waals surface area (Å²) in [6.45, 7) is 2.37. The summed E-state index contributed by atoms with van der Waals surface area (Å²) in [5, 5.41) is 0. The third-order valence-electron chi connectivity index (χ3n) is 4.19. The molecule has 0 bridgehead atoms. The zero-order valence-electron chi connectivity index (χ0n) is 10.9. The summed E-state index contributed by atoms with van der Waals surface area (Å²) in [6.07, 6.45) is 7.75. The van der Waals surface area contributed by atoms with Gasteiger partial charge in [-0.05, 0) is 43.1 Å². The van der Waals surface area contributed by atoms with Gasteiger partial charge in [-0.3, -0.25) is 0 Å². The van der Waals surface area contributed by atoms with E-state index in [4.69, 9.17) is 5.73 Å². The van der Waals surface area contributed by atoms with Gasteiger partial charge in [-0.1, -0.05) is 50.1 Å². The summed E-state index contributed by atoms with van der Waals surface area (Å²) in [5.74, 6) is 1.65. The summed E-state index contributed by atoms with van der Waals surface area (Å²) in [5.41, 5.74) is 7.78. The fourth-order valence-corrected chi connectivity index (χ4v) is 3.08. The van der Waals surface area contributed by atoms with Crippen LogP contribution in [0.2, 0.25) is 0 Å². The maximum absolute atomic E-state index is 6.36. The van der Waals surface area contributed by atoms with Crippen LogP contribution < -0.4 is 5.73 Å². The van der Waals surface area contributed by atoms with Crippen molar-refractivity contribution in [3.63, 3.8) is 0 Å². The summed E-state index contributed by atoms with van der Waals surface area (Å²) in [7, 11) is 0. The van der Waals surface area contributed by atoms with Gasteiger partial charge in [-0.15, -0.1) is 0 Å². The molecule has 1 aromatic carbocycles. The molecule has 0 radical (unpaired) electrons. The molecule has 0 amide bonds. The van der Waals surface area contributed by atoms with Crippen LogP contribution in [0.25, 0.3) is 0 Å². The third kappa shape index (κ3) is 3.85. The van der Waals surface area contributed by atoms with Crippen molar-refractivity contribution in [1.29, 1.82) is 0 Å².